The smallest absolute Gasteiger partial charge is 0.417 e. The van der Waals surface area contributed by atoms with Crippen LogP contribution < -0.4 is 0 Å². The van der Waals surface area contributed by atoms with Gasteiger partial charge in [0.15, 0.2) is 0 Å². The lowest BCUT2D eigenvalue weighted by Crippen LogP contribution is -2.14. The predicted octanol–water partition coefficient (Wildman–Crippen LogP) is 3.43. The molecule has 0 aromatic heterocycles. The number of rotatable bonds is 4. The van der Waals surface area contributed by atoms with Crippen LogP contribution in [0.4, 0.5) is 13.2 Å². The summed E-state index contributed by atoms with van der Waals surface area (Å²) < 4.78 is 43.7. The monoisotopic (exact) mass is 322 g/mol. The van der Waals surface area contributed by atoms with E-state index in [-0.39, 0.29) is 22.8 Å². The largest absolute Gasteiger partial charge is 0.462 e. The van der Waals surface area contributed by atoms with Gasteiger partial charge in [-0.05, 0) is 19.1 Å². The minimum atomic E-state index is -4.61. The van der Waals surface area contributed by atoms with Crippen LogP contribution in [0.25, 0.3) is 0 Å². The van der Waals surface area contributed by atoms with E-state index >= 15 is 0 Å². The van der Waals surface area contributed by atoms with Crippen LogP contribution in [-0.2, 0) is 10.9 Å². The Morgan fingerprint density at radius 3 is 2.52 bits per heavy atom. The van der Waals surface area contributed by atoms with E-state index < -0.39 is 17.7 Å². The van der Waals surface area contributed by atoms with Gasteiger partial charge in [0, 0.05) is 19.7 Å². The average molecular weight is 323 g/mol. The standard InChI is InChI=1S/C13H14ClF3N2O2/c1-4-21-12(20)8-5-6-10(13(15,16)17)9(11(8)14)7-18-19(2)3/h5-7H,4H2,1-3H3. The molecular formula is C13H14ClF3N2O2. The Labute approximate surface area is 125 Å². The van der Waals surface area contributed by atoms with E-state index in [1.54, 1.807) is 21.0 Å². The maximum Gasteiger partial charge on any atom is 0.417 e. The van der Waals surface area contributed by atoms with Crippen molar-refractivity contribution in [1.82, 2.24) is 5.01 Å². The SMILES string of the molecule is CCOC(=O)c1ccc(C(F)(F)F)c(C=NN(C)C)c1Cl. The van der Waals surface area contributed by atoms with Crippen LogP contribution in [0.2, 0.25) is 5.02 Å². The summed E-state index contributed by atoms with van der Waals surface area (Å²) in [5, 5.41) is 4.72. The van der Waals surface area contributed by atoms with Gasteiger partial charge in [-0.25, -0.2) is 4.79 Å². The fourth-order valence-electron chi connectivity index (χ4n) is 1.51. The van der Waals surface area contributed by atoms with Gasteiger partial charge in [0.1, 0.15) is 0 Å². The van der Waals surface area contributed by atoms with Gasteiger partial charge in [0.25, 0.3) is 0 Å². The molecule has 4 nitrogen and oxygen atoms in total. The molecule has 0 N–H and O–H groups in total. The van der Waals surface area contributed by atoms with Crippen LogP contribution in [-0.4, -0.2) is 37.9 Å². The van der Waals surface area contributed by atoms with Crippen molar-refractivity contribution < 1.29 is 22.7 Å². The fourth-order valence-corrected chi connectivity index (χ4v) is 1.80. The zero-order chi connectivity index (χ0) is 16.2. The summed E-state index contributed by atoms with van der Waals surface area (Å²) >= 11 is 5.92. The minimum Gasteiger partial charge on any atom is -0.462 e. The number of esters is 1. The Bertz CT molecular complexity index is 557. The van der Waals surface area contributed by atoms with Gasteiger partial charge in [-0.15, -0.1) is 0 Å². The Kier molecular flexibility index (Phi) is 5.60. The summed E-state index contributed by atoms with van der Waals surface area (Å²) in [6.45, 7) is 1.68. The number of carbonyl (C=O) groups is 1. The van der Waals surface area contributed by atoms with E-state index in [4.69, 9.17) is 16.3 Å². The third-order valence-electron chi connectivity index (χ3n) is 2.40. The number of ether oxygens (including phenoxy) is 1. The van der Waals surface area contributed by atoms with E-state index in [9.17, 15) is 18.0 Å². The molecule has 0 saturated carbocycles. The molecule has 21 heavy (non-hydrogen) atoms. The van der Waals surface area contributed by atoms with Crippen LogP contribution in [0.5, 0.6) is 0 Å². The highest BCUT2D eigenvalue weighted by atomic mass is 35.5. The number of halogens is 4. The number of alkyl halides is 3. The van der Waals surface area contributed by atoms with Crippen LogP contribution in [0.3, 0.4) is 0 Å². The third-order valence-corrected chi connectivity index (χ3v) is 2.81. The summed E-state index contributed by atoms with van der Waals surface area (Å²) in [5.41, 5.74) is -1.47. The van der Waals surface area contributed by atoms with Crippen LogP contribution in [0.15, 0.2) is 17.2 Å². The molecule has 1 aromatic rings. The first-order valence-corrected chi connectivity index (χ1v) is 6.34. The van der Waals surface area contributed by atoms with Gasteiger partial charge >= 0.3 is 12.1 Å². The minimum absolute atomic E-state index is 0.0945. The number of benzene rings is 1. The molecule has 0 fully saturated rings. The molecule has 0 aliphatic rings. The first-order valence-electron chi connectivity index (χ1n) is 5.96. The zero-order valence-corrected chi connectivity index (χ0v) is 12.4. The van der Waals surface area contributed by atoms with Crippen LogP contribution >= 0.6 is 11.6 Å². The highest BCUT2D eigenvalue weighted by Gasteiger charge is 2.35. The molecular weight excluding hydrogens is 309 g/mol. The molecule has 1 rings (SSSR count). The lowest BCUT2D eigenvalue weighted by atomic mass is 10.0. The lowest BCUT2D eigenvalue weighted by molar-refractivity contribution is -0.137. The Hall–Kier alpha value is -1.76. The molecule has 116 valence electrons. The second-order valence-electron chi connectivity index (χ2n) is 4.20. The quantitative estimate of drug-likeness (QED) is 0.484. The molecule has 0 bridgehead atoms. The molecule has 1 aromatic carbocycles. The van der Waals surface area contributed by atoms with E-state index in [0.717, 1.165) is 18.3 Å². The molecule has 0 saturated heterocycles. The van der Waals surface area contributed by atoms with E-state index in [1.165, 1.54) is 5.01 Å². The third kappa shape index (κ3) is 4.35. The number of hydrazone groups is 1. The van der Waals surface area contributed by atoms with Gasteiger partial charge < -0.3 is 9.75 Å². The molecule has 0 amide bonds. The first kappa shape index (κ1) is 17.3. The molecule has 0 atom stereocenters. The summed E-state index contributed by atoms with van der Waals surface area (Å²) in [6.07, 6.45) is -3.64. The van der Waals surface area contributed by atoms with Crippen molar-refractivity contribution in [2.75, 3.05) is 20.7 Å². The Morgan fingerprint density at radius 2 is 2.05 bits per heavy atom. The Morgan fingerprint density at radius 1 is 1.43 bits per heavy atom. The molecule has 0 spiro atoms. The molecule has 0 unspecified atom stereocenters. The summed E-state index contributed by atoms with van der Waals surface area (Å²) in [7, 11) is 3.10. The van der Waals surface area contributed by atoms with Crippen LogP contribution in [0.1, 0.15) is 28.4 Å². The highest BCUT2D eigenvalue weighted by molar-refractivity contribution is 6.36. The zero-order valence-electron chi connectivity index (χ0n) is 11.7. The number of hydrogen-bond acceptors (Lipinski definition) is 4. The summed E-state index contributed by atoms with van der Waals surface area (Å²) in [5.74, 6) is -0.782. The topological polar surface area (TPSA) is 41.9 Å². The van der Waals surface area contributed by atoms with E-state index in [2.05, 4.69) is 5.10 Å². The number of carbonyl (C=O) groups excluding carboxylic acids is 1. The van der Waals surface area contributed by atoms with Crippen molar-refractivity contribution in [2.24, 2.45) is 5.10 Å². The van der Waals surface area contributed by atoms with Gasteiger partial charge in [-0.1, -0.05) is 11.6 Å². The highest BCUT2D eigenvalue weighted by Crippen LogP contribution is 2.36. The number of nitrogens with zero attached hydrogens (tertiary/aromatic N) is 2. The molecule has 0 heterocycles. The van der Waals surface area contributed by atoms with E-state index in [1.807, 2.05) is 0 Å². The first-order chi connectivity index (χ1) is 9.68. The van der Waals surface area contributed by atoms with Crippen molar-refractivity contribution in [3.8, 4) is 0 Å². The molecule has 8 heteroatoms. The maximum atomic E-state index is 13.0. The molecule has 0 aliphatic heterocycles. The fraction of sp³-hybridized carbons (Fsp3) is 0.385. The predicted molar refractivity (Wildman–Crippen MR) is 73.7 cm³/mol. The van der Waals surface area contributed by atoms with Crippen molar-refractivity contribution in [3.63, 3.8) is 0 Å². The summed E-state index contributed by atoms with van der Waals surface area (Å²) in [6, 6.07) is 1.78. The average Bonchev–Trinajstić information content (AvgIpc) is 2.35. The van der Waals surface area contributed by atoms with Gasteiger partial charge in [0.05, 0.1) is 29.0 Å². The second-order valence-corrected chi connectivity index (χ2v) is 4.58. The normalized spacial score (nSPS) is 11.8. The van der Waals surface area contributed by atoms with Crippen molar-refractivity contribution in [2.45, 2.75) is 13.1 Å². The summed E-state index contributed by atoms with van der Waals surface area (Å²) in [4.78, 5) is 11.7. The second kappa shape index (κ2) is 6.80. The van der Waals surface area contributed by atoms with Crippen LogP contribution in [0, 0.1) is 0 Å². The van der Waals surface area contributed by atoms with Crippen molar-refractivity contribution in [1.29, 1.82) is 0 Å². The van der Waals surface area contributed by atoms with Gasteiger partial charge in [-0.3, -0.25) is 0 Å². The van der Waals surface area contributed by atoms with Gasteiger partial charge in [0.2, 0.25) is 0 Å². The van der Waals surface area contributed by atoms with Crippen molar-refractivity contribution in [3.05, 3.63) is 33.8 Å². The van der Waals surface area contributed by atoms with Gasteiger partial charge in [-0.2, -0.15) is 18.3 Å². The van der Waals surface area contributed by atoms with E-state index in [0.29, 0.717) is 0 Å². The van der Waals surface area contributed by atoms with Crippen molar-refractivity contribution >= 4 is 23.8 Å². The lowest BCUT2D eigenvalue weighted by Gasteiger charge is -2.14. The molecule has 0 aliphatic carbocycles. The molecule has 0 radical (unpaired) electrons. The number of hydrogen-bond donors (Lipinski definition) is 0. The maximum absolute atomic E-state index is 13.0. The Balaban J connectivity index is 3.44.